The highest BCUT2D eigenvalue weighted by molar-refractivity contribution is 7.12. The van der Waals surface area contributed by atoms with Crippen LogP contribution in [0.15, 0.2) is 35.7 Å². The van der Waals surface area contributed by atoms with Gasteiger partial charge >= 0.3 is 0 Å². The normalized spacial score (nSPS) is 22.1. The summed E-state index contributed by atoms with van der Waals surface area (Å²) in [6, 6.07) is 10.0. The molecule has 1 aromatic heterocycles. The van der Waals surface area contributed by atoms with Crippen molar-refractivity contribution in [1.82, 2.24) is 4.90 Å². The van der Waals surface area contributed by atoms with Crippen molar-refractivity contribution in [3.05, 3.63) is 57.3 Å². The molecule has 1 atom stereocenters. The van der Waals surface area contributed by atoms with E-state index in [2.05, 4.69) is 4.90 Å². The van der Waals surface area contributed by atoms with Crippen LogP contribution in [0, 0.1) is 6.92 Å². The molecule has 0 saturated carbocycles. The number of aryl methyl sites for hydroxylation is 1. The number of likely N-dealkylation sites (tertiary alicyclic amines) is 1. The average molecular weight is 315 g/mol. The summed E-state index contributed by atoms with van der Waals surface area (Å²) in [5, 5.41) is 13.0. The summed E-state index contributed by atoms with van der Waals surface area (Å²) in [7, 11) is 0. The lowest BCUT2D eigenvalue weighted by molar-refractivity contribution is 0.0447. The molecular formula is C18H21NO2S. The Bertz CT molecular complexity index is 694. The Hall–Kier alpha value is -1.49. The first-order chi connectivity index (χ1) is 10.5. The maximum Gasteiger partial charge on any atom is 0.169 e. The topological polar surface area (TPSA) is 40.5 Å². The average Bonchev–Trinajstić information content (AvgIpc) is 3.08. The van der Waals surface area contributed by atoms with Gasteiger partial charge in [-0.05, 0) is 48.4 Å². The van der Waals surface area contributed by atoms with Crippen LogP contribution in [0.5, 0.6) is 0 Å². The number of hydrogen-bond donors (Lipinski definition) is 1. The molecule has 1 saturated heterocycles. The van der Waals surface area contributed by atoms with Crippen LogP contribution >= 0.6 is 11.3 Å². The molecule has 1 fully saturated rings. The molecule has 2 aromatic rings. The molecule has 4 heteroatoms. The van der Waals surface area contributed by atoms with E-state index in [0.717, 1.165) is 41.1 Å². The third kappa shape index (κ3) is 3.00. The monoisotopic (exact) mass is 315 g/mol. The summed E-state index contributed by atoms with van der Waals surface area (Å²) < 4.78 is 0. The molecule has 116 valence electrons. The number of Topliss-reactive ketones (excluding diaryl/α,β-unsaturated/α-hetero) is 1. The fourth-order valence-corrected chi connectivity index (χ4v) is 4.03. The Morgan fingerprint density at radius 1 is 1.41 bits per heavy atom. The lowest BCUT2D eigenvalue weighted by Gasteiger charge is -2.25. The number of β-amino-alcohol motifs (C(OH)–C–C–N with tert-alkyl or cyclic N) is 1. The summed E-state index contributed by atoms with van der Waals surface area (Å²) >= 11 is 1.50. The minimum Gasteiger partial charge on any atom is -0.384 e. The predicted molar refractivity (Wildman–Crippen MR) is 89.3 cm³/mol. The molecule has 1 aliphatic heterocycles. The van der Waals surface area contributed by atoms with Gasteiger partial charge in [-0.1, -0.05) is 24.3 Å². The van der Waals surface area contributed by atoms with Crippen LogP contribution in [0.4, 0.5) is 0 Å². The van der Waals surface area contributed by atoms with E-state index in [-0.39, 0.29) is 5.78 Å². The van der Waals surface area contributed by atoms with Crippen LogP contribution in [-0.2, 0) is 12.1 Å². The maximum absolute atomic E-state index is 11.4. The molecule has 22 heavy (non-hydrogen) atoms. The fourth-order valence-electron chi connectivity index (χ4n) is 3.22. The predicted octanol–water partition coefficient (Wildman–Crippen LogP) is 3.35. The number of hydrogen-bond acceptors (Lipinski definition) is 4. The van der Waals surface area contributed by atoms with E-state index in [9.17, 15) is 9.90 Å². The molecule has 1 N–H and O–H groups in total. The molecular weight excluding hydrogens is 294 g/mol. The van der Waals surface area contributed by atoms with Crippen molar-refractivity contribution < 1.29 is 9.90 Å². The number of carbonyl (C=O) groups excluding carboxylic acids is 1. The zero-order valence-corrected chi connectivity index (χ0v) is 13.8. The van der Waals surface area contributed by atoms with Gasteiger partial charge in [0.25, 0.3) is 0 Å². The molecule has 1 unspecified atom stereocenters. The lowest BCUT2D eigenvalue weighted by Crippen LogP contribution is -2.31. The number of rotatable bonds is 4. The van der Waals surface area contributed by atoms with Crippen LogP contribution in [0.25, 0.3) is 0 Å². The SMILES string of the molecule is CC(=O)c1cc(CN2CCC(O)(c3ccccc3C)C2)cs1. The minimum absolute atomic E-state index is 0.120. The van der Waals surface area contributed by atoms with Crippen molar-refractivity contribution in [3.63, 3.8) is 0 Å². The quantitative estimate of drug-likeness (QED) is 0.880. The maximum atomic E-state index is 11.4. The van der Waals surface area contributed by atoms with E-state index in [1.54, 1.807) is 6.92 Å². The third-order valence-electron chi connectivity index (χ3n) is 4.38. The van der Waals surface area contributed by atoms with Gasteiger partial charge in [0.15, 0.2) is 5.78 Å². The number of thiophene rings is 1. The van der Waals surface area contributed by atoms with Gasteiger partial charge in [0.05, 0.1) is 4.88 Å². The van der Waals surface area contributed by atoms with Crippen LogP contribution in [-0.4, -0.2) is 28.9 Å². The van der Waals surface area contributed by atoms with E-state index in [1.807, 2.05) is 42.6 Å². The molecule has 3 nitrogen and oxygen atoms in total. The second kappa shape index (κ2) is 5.95. The summed E-state index contributed by atoms with van der Waals surface area (Å²) in [5.41, 5.74) is 2.57. The van der Waals surface area contributed by atoms with Gasteiger partial charge in [-0.3, -0.25) is 9.69 Å². The molecule has 0 amide bonds. The van der Waals surface area contributed by atoms with E-state index in [4.69, 9.17) is 0 Å². The summed E-state index contributed by atoms with van der Waals surface area (Å²) in [6.45, 7) is 5.95. The van der Waals surface area contributed by atoms with E-state index in [0.29, 0.717) is 6.54 Å². The Balaban J connectivity index is 1.71. The van der Waals surface area contributed by atoms with Crippen LogP contribution in [0.3, 0.4) is 0 Å². The molecule has 0 bridgehead atoms. The Morgan fingerprint density at radius 2 is 2.18 bits per heavy atom. The summed E-state index contributed by atoms with van der Waals surface area (Å²) in [4.78, 5) is 14.4. The van der Waals surface area contributed by atoms with Gasteiger partial charge < -0.3 is 5.11 Å². The number of carbonyl (C=O) groups is 1. The molecule has 1 aliphatic rings. The highest BCUT2D eigenvalue weighted by atomic mass is 32.1. The molecule has 0 spiro atoms. The van der Waals surface area contributed by atoms with Crippen molar-refractivity contribution in [2.75, 3.05) is 13.1 Å². The Kier molecular flexibility index (Phi) is 4.17. The fraction of sp³-hybridized carbons (Fsp3) is 0.389. The van der Waals surface area contributed by atoms with Crippen molar-refractivity contribution in [2.45, 2.75) is 32.4 Å². The minimum atomic E-state index is -0.759. The first kappa shape index (κ1) is 15.4. The van der Waals surface area contributed by atoms with E-state index in [1.165, 1.54) is 11.3 Å². The van der Waals surface area contributed by atoms with Gasteiger partial charge in [-0.15, -0.1) is 11.3 Å². The van der Waals surface area contributed by atoms with Gasteiger partial charge in [0.2, 0.25) is 0 Å². The number of nitrogens with zero attached hydrogens (tertiary/aromatic N) is 1. The molecule has 0 radical (unpaired) electrons. The Labute approximate surface area is 135 Å². The second-order valence-corrected chi connectivity index (χ2v) is 7.09. The second-order valence-electron chi connectivity index (χ2n) is 6.18. The summed E-state index contributed by atoms with van der Waals surface area (Å²) in [6.07, 6.45) is 0.752. The highest BCUT2D eigenvalue weighted by Gasteiger charge is 2.38. The zero-order valence-electron chi connectivity index (χ0n) is 13.0. The largest absolute Gasteiger partial charge is 0.384 e. The van der Waals surface area contributed by atoms with E-state index < -0.39 is 5.60 Å². The van der Waals surface area contributed by atoms with E-state index >= 15 is 0 Å². The smallest absolute Gasteiger partial charge is 0.169 e. The third-order valence-corrected chi connectivity index (χ3v) is 5.46. The summed E-state index contributed by atoms with van der Waals surface area (Å²) in [5.74, 6) is 0.120. The number of ketones is 1. The Morgan fingerprint density at radius 3 is 2.86 bits per heavy atom. The number of aliphatic hydroxyl groups is 1. The van der Waals surface area contributed by atoms with Crippen molar-refractivity contribution in [2.24, 2.45) is 0 Å². The molecule has 1 aromatic carbocycles. The van der Waals surface area contributed by atoms with Crippen molar-refractivity contribution >= 4 is 17.1 Å². The van der Waals surface area contributed by atoms with Crippen LogP contribution < -0.4 is 0 Å². The number of benzene rings is 1. The van der Waals surface area contributed by atoms with Crippen LogP contribution in [0.1, 0.15) is 39.7 Å². The molecule has 3 rings (SSSR count). The van der Waals surface area contributed by atoms with Crippen molar-refractivity contribution in [3.8, 4) is 0 Å². The van der Waals surface area contributed by atoms with Gasteiger partial charge in [0.1, 0.15) is 5.60 Å². The van der Waals surface area contributed by atoms with Gasteiger partial charge in [-0.25, -0.2) is 0 Å². The van der Waals surface area contributed by atoms with Gasteiger partial charge in [-0.2, -0.15) is 0 Å². The van der Waals surface area contributed by atoms with Crippen molar-refractivity contribution in [1.29, 1.82) is 0 Å². The van der Waals surface area contributed by atoms with Crippen LogP contribution in [0.2, 0.25) is 0 Å². The molecule has 2 heterocycles. The zero-order chi connectivity index (χ0) is 15.7. The molecule has 0 aliphatic carbocycles. The highest BCUT2D eigenvalue weighted by Crippen LogP contribution is 2.34. The first-order valence-electron chi connectivity index (χ1n) is 7.57. The first-order valence-corrected chi connectivity index (χ1v) is 8.45. The standard InChI is InChI=1S/C18H21NO2S/c1-13-5-3-4-6-16(13)18(21)7-8-19(12-18)10-15-9-17(14(2)20)22-11-15/h3-6,9,11,21H,7-8,10,12H2,1-2H3. The van der Waals surface area contributed by atoms with Gasteiger partial charge in [0, 0.05) is 19.6 Å². The lowest BCUT2D eigenvalue weighted by atomic mass is 9.89.